The summed E-state index contributed by atoms with van der Waals surface area (Å²) in [5.74, 6) is 0. The van der Waals surface area contributed by atoms with Gasteiger partial charge in [0.05, 0.1) is 0 Å². The molecule has 2 heterocycles. The van der Waals surface area contributed by atoms with Crippen molar-refractivity contribution in [2.24, 2.45) is 0 Å². The van der Waals surface area contributed by atoms with Gasteiger partial charge in [-0.05, 0) is 32.1 Å². The van der Waals surface area contributed by atoms with Gasteiger partial charge in [0.1, 0.15) is 0 Å². The monoisotopic (exact) mass is 193 g/mol. The number of hydrogen-bond acceptors (Lipinski definition) is 2. The minimum Gasteiger partial charge on any atom is -0.349 e. The Kier molecular flexibility index (Phi) is 2.89. The van der Waals surface area contributed by atoms with Crippen molar-refractivity contribution in [1.82, 2.24) is 14.8 Å². The van der Waals surface area contributed by atoms with Crippen molar-refractivity contribution in [2.45, 2.75) is 19.5 Å². The molecule has 1 aromatic rings. The van der Waals surface area contributed by atoms with Gasteiger partial charge in [-0.3, -0.25) is 0 Å². The van der Waals surface area contributed by atoms with Crippen molar-refractivity contribution >= 4 is 0 Å². The van der Waals surface area contributed by atoms with Gasteiger partial charge in [0.25, 0.3) is 0 Å². The predicted molar refractivity (Wildman–Crippen MR) is 58.4 cm³/mol. The number of nitrogens with one attached hydrogen (secondary N) is 1. The minimum atomic E-state index is 1.03. The van der Waals surface area contributed by atoms with Crippen molar-refractivity contribution in [3.8, 4) is 0 Å². The van der Waals surface area contributed by atoms with Crippen LogP contribution in [-0.2, 0) is 19.5 Å². The lowest BCUT2D eigenvalue weighted by Crippen LogP contribution is -2.27. The zero-order chi connectivity index (χ0) is 9.97. The molecule has 14 heavy (non-hydrogen) atoms. The number of nitrogens with zero attached hydrogens (tertiary/aromatic N) is 2. The zero-order valence-electron chi connectivity index (χ0n) is 9.08. The van der Waals surface area contributed by atoms with E-state index in [2.05, 4.69) is 41.1 Å². The van der Waals surface area contributed by atoms with Crippen LogP contribution in [0.5, 0.6) is 0 Å². The first-order valence-electron chi connectivity index (χ1n) is 5.29. The number of likely N-dealkylation sites (N-methyl/N-ethyl adjacent to an activating group) is 1. The van der Waals surface area contributed by atoms with Gasteiger partial charge in [-0.25, -0.2) is 0 Å². The quantitative estimate of drug-likeness (QED) is 0.762. The second kappa shape index (κ2) is 4.15. The molecule has 1 aliphatic heterocycles. The first kappa shape index (κ1) is 9.74. The summed E-state index contributed by atoms with van der Waals surface area (Å²) in [5.41, 5.74) is 2.91. The molecule has 0 unspecified atom stereocenters. The maximum absolute atomic E-state index is 3.39. The van der Waals surface area contributed by atoms with E-state index in [-0.39, 0.29) is 0 Å². The third-order valence-corrected chi connectivity index (χ3v) is 2.73. The van der Waals surface area contributed by atoms with E-state index in [9.17, 15) is 0 Å². The highest BCUT2D eigenvalue weighted by atomic mass is 15.1. The molecule has 0 radical (unpaired) electrons. The first-order valence-corrected chi connectivity index (χ1v) is 5.29. The smallest absolute Gasteiger partial charge is 0.0360 e. The van der Waals surface area contributed by atoms with E-state index in [0.29, 0.717) is 0 Å². The summed E-state index contributed by atoms with van der Waals surface area (Å²) in [7, 11) is 4.25. The molecule has 0 aliphatic carbocycles. The largest absolute Gasteiger partial charge is 0.349 e. The van der Waals surface area contributed by atoms with Gasteiger partial charge in [-0.15, -0.1) is 0 Å². The summed E-state index contributed by atoms with van der Waals surface area (Å²) in [6, 6.07) is 2.33. The average Bonchev–Trinajstić information content (AvgIpc) is 2.57. The Morgan fingerprint density at radius 1 is 1.50 bits per heavy atom. The maximum atomic E-state index is 3.39. The minimum absolute atomic E-state index is 1.03. The fourth-order valence-electron chi connectivity index (χ4n) is 1.88. The molecule has 0 amide bonds. The van der Waals surface area contributed by atoms with E-state index in [1.165, 1.54) is 11.3 Å². The fourth-order valence-corrected chi connectivity index (χ4v) is 1.88. The first-order chi connectivity index (χ1) is 6.75. The highest BCUT2D eigenvalue weighted by Crippen LogP contribution is 2.12. The maximum Gasteiger partial charge on any atom is 0.0360 e. The van der Waals surface area contributed by atoms with Crippen LogP contribution < -0.4 is 5.32 Å². The Morgan fingerprint density at radius 2 is 2.36 bits per heavy atom. The van der Waals surface area contributed by atoms with E-state index in [4.69, 9.17) is 0 Å². The zero-order valence-corrected chi connectivity index (χ0v) is 9.08. The molecule has 78 valence electrons. The summed E-state index contributed by atoms with van der Waals surface area (Å²) in [5, 5.41) is 3.39. The highest BCUT2D eigenvalue weighted by Gasteiger charge is 2.09. The fraction of sp³-hybridized carbons (Fsp3) is 0.636. The summed E-state index contributed by atoms with van der Waals surface area (Å²) in [4.78, 5) is 2.23. The van der Waals surface area contributed by atoms with Crippen LogP contribution in [0.4, 0.5) is 0 Å². The summed E-state index contributed by atoms with van der Waals surface area (Å²) >= 11 is 0. The van der Waals surface area contributed by atoms with E-state index < -0.39 is 0 Å². The van der Waals surface area contributed by atoms with Gasteiger partial charge < -0.3 is 14.8 Å². The predicted octanol–water partition coefficient (Wildman–Crippen LogP) is 0.695. The molecule has 3 nitrogen and oxygen atoms in total. The van der Waals surface area contributed by atoms with Gasteiger partial charge in [0.2, 0.25) is 0 Å². The number of fused-ring (bicyclic) bond motifs is 1. The van der Waals surface area contributed by atoms with Crippen LogP contribution in [-0.4, -0.2) is 36.7 Å². The second-order valence-electron chi connectivity index (χ2n) is 4.26. The molecule has 2 rings (SSSR count). The van der Waals surface area contributed by atoms with Crippen LogP contribution in [0.3, 0.4) is 0 Å². The molecular formula is C11H19N3. The van der Waals surface area contributed by atoms with Gasteiger partial charge in [-0.2, -0.15) is 0 Å². The topological polar surface area (TPSA) is 20.2 Å². The van der Waals surface area contributed by atoms with E-state index in [1.54, 1.807) is 0 Å². The third-order valence-electron chi connectivity index (χ3n) is 2.73. The number of aromatic nitrogens is 1. The van der Waals surface area contributed by atoms with Crippen LogP contribution in [0.1, 0.15) is 11.3 Å². The van der Waals surface area contributed by atoms with Gasteiger partial charge in [-0.1, -0.05) is 0 Å². The van der Waals surface area contributed by atoms with E-state index in [0.717, 1.165) is 32.6 Å². The van der Waals surface area contributed by atoms with Crippen LogP contribution in [0.15, 0.2) is 12.3 Å². The lowest BCUT2D eigenvalue weighted by molar-refractivity contribution is 0.413. The standard InChI is InChI=1S/C11H19N3/c1-13(2)5-3-10-7-11-8-12-4-6-14(11)9-10/h7,9,12H,3-6,8H2,1-2H3. The number of hydrogen-bond donors (Lipinski definition) is 1. The van der Waals surface area contributed by atoms with Crippen molar-refractivity contribution < 1.29 is 0 Å². The molecule has 0 bridgehead atoms. The Labute approximate surface area is 85.7 Å². The van der Waals surface area contributed by atoms with Crippen molar-refractivity contribution in [1.29, 1.82) is 0 Å². The Morgan fingerprint density at radius 3 is 3.07 bits per heavy atom. The van der Waals surface area contributed by atoms with Crippen LogP contribution in [0.2, 0.25) is 0 Å². The van der Waals surface area contributed by atoms with Gasteiger partial charge in [0.15, 0.2) is 0 Å². The Bertz CT molecular complexity index is 278. The molecule has 0 spiro atoms. The molecule has 1 N–H and O–H groups in total. The molecule has 0 saturated heterocycles. The van der Waals surface area contributed by atoms with E-state index >= 15 is 0 Å². The van der Waals surface area contributed by atoms with Crippen LogP contribution in [0.25, 0.3) is 0 Å². The van der Waals surface area contributed by atoms with Crippen molar-refractivity contribution in [3.05, 3.63) is 23.5 Å². The molecule has 3 heteroatoms. The lowest BCUT2D eigenvalue weighted by atomic mass is 10.2. The summed E-state index contributed by atoms with van der Waals surface area (Å²) in [6.07, 6.45) is 3.46. The second-order valence-corrected chi connectivity index (χ2v) is 4.26. The molecule has 1 aromatic heterocycles. The van der Waals surface area contributed by atoms with Gasteiger partial charge >= 0.3 is 0 Å². The van der Waals surface area contributed by atoms with Crippen LogP contribution in [0, 0.1) is 0 Å². The number of rotatable bonds is 3. The van der Waals surface area contributed by atoms with Crippen molar-refractivity contribution in [3.63, 3.8) is 0 Å². The average molecular weight is 193 g/mol. The molecule has 0 atom stereocenters. The van der Waals surface area contributed by atoms with Crippen LogP contribution >= 0.6 is 0 Å². The molecular weight excluding hydrogens is 174 g/mol. The normalized spacial score (nSPS) is 15.9. The van der Waals surface area contributed by atoms with Crippen molar-refractivity contribution in [2.75, 3.05) is 27.2 Å². The highest BCUT2D eigenvalue weighted by molar-refractivity contribution is 5.20. The Hall–Kier alpha value is -0.800. The molecule has 0 fully saturated rings. The Balaban J connectivity index is 2.01. The summed E-state index contributed by atoms with van der Waals surface area (Å²) in [6.45, 7) is 4.39. The van der Waals surface area contributed by atoms with E-state index in [1.807, 2.05) is 0 Å². The van der Waals surface area contributed by atoms with Gasteiger partial charge in [0, 0.05) is 38.1 Å². The third kappa shape index (κ3) is 2.16. The molecule has 0 aromatic carbocycles. The molecule has 0 saturated carbocycles. The summed E-state index contributed by atoms with van der Waals surface area (Å²) < 4.78 is 2.38. The lowest BCUT2D eigenvalue weighted by Gasteiger charge is -2.15. The molecule has 1 aliphatic rings. The SMILES string of the molecule is CN(C)CCc1cc2n(c1)CCNC2.